The number of hydrogen-bond donors (Lipinski definition) is 0. The van der Waals surface area contributed by atoms with E-state index in [0.717, 1.165) is 21.9 Å². The van der Waals surface area contributed by atoms with E-state index in [9.17, 15) is 0 Å². The number of nitrogens with zero attached hydrogens (tertiary/aromatic N) is 1. The maximum atomic E-state index is 6.49. The third kappa shape index (κ3) is 2.14. The fraction of sp³-hybridized carbons (Fsp3) is 0. The van der Waals surface area contributed by atoms with E-state index < -0.39 is 0 Å². The topological polar surface area (TPSA) is 18.1 Å². The highest BCUT2D eigenvalue weighted by atomic mass is 16.3. The summed E-state index contributed by atoms with van der Waals surface area (Å²) in [6.07, 6.45) is 0. The Bertz CT molecular complexity index is 2180. The predicted octanol–water partition coefficient (Wildman–Crippen LogP) is 9.48. The van der Waals surface area contributed by atoms with Crippen molar-refractivity contribution in [1.29, 1.82) is 0 Å². The molecule has 8 aromatic rings. The maximum Gasteiger partial charge on any atom is 0.145 e. The summed E-state index contributed by atoms with van der Waals surface area (Å²) in [5.74, 6) is 0. The first-order chi connectivity index (χ1) is 17.9. The molecule has 1 aliphatic carbocycles. The molecule has 0 spiro atoms. The van der Waals surface area contributed by atoms with Crippen molar-refractivity contribution in [3.8, 4) is 27.9 Å². The molecule has 6 aromatic carbocycles. The summed E-state index contributed by atoms with van der Waals surface area (Å²) in [4.78, 5) is 0. The van der Waals surface area contributed by atoms with Gasteiger partial charge in [0.1, 0.15) is 11.2 Å². The molecule has 2 heteroatoms. The van der Waals surface area contributed by atoms with E-state index in [-0.39, 0.29) is 0 Å². The molecule has 2 aromatic heterocycles. The number of fused-ring (bicyclic) bond motifs is 10. The highest BCUT2D eigenvalue weighted by Gasteiger charge is 2.24. The molecule has 0 amide bonds. The highest BCUT2D eigenvalue weighted by molar-refractivity contribution is 6.25. The van der Waals surface area contributed by atoms with Crippen molar-refractivity contribution in [1.82, 2.24) is 4.57 Å². The molecule has 0 atom stereocenters. The van der Waals surface area contributed by atoms with Gasteiger partial charge in [-0.3, -0.25) is 0 Å². The van der Waals surface area contributed by atoms with Crippen LogP contribution in [-0.4, -0.2) is 4.57 Å². The summed E-state index contributed by atoms with van der Waals surface area (Å²) in [5.41, 5.74) is 10.7. The zero-order valence-electron chi connectivity index (χ0n) is 19.3. The second kappa shape index (κ2) is 6.44. The van der Waals surface area contributed by atoms with E-state index in [1.807, 2.05) is 6.07 Å². The Hall–Kier alpha value is -4.82. The monoisotopic (exact) mass is 457 g/mol. The van der Waals surface area contributed by atoms with Gasteiger partial charge >= 0.3 is 0 Å². The number of para-hydroxylation sites is 2. The van der Waals surface area contributed by atoms with Gasteiger partial charge in [0.25, 0.3) is 0 Å². The van der Waals surface area contributed by atoms with Gasteiger partial charge in [0.15, 0.2) is 0 Å². The molecule has 0 unspecified atom stereocenters. The van der Waals surface area contributed by atoms with Crippen molar-refractivity contribution in [2.45, 2.75) is 0 Å². The molecule has 0 aliphatic heterocycles. The SMILES string of the molecule is c1ccc2c(c1)-c1cccc3c(-n4c5ccccc5c5c6oc7ccccc7c6ccc54)ccc-2c13. The summed E-state index contributed by atoms with van der Waals surface area (Å²) in [6, 6.07) is 41.5. The number of aromatic nitrogens is 1. The van der Waals surface area contributed by atoms with Crippen LogP contribution in [0.1, 0.15) is 0 Å². The van der Waals surface area contributed by atoms with E-state index in [2.05, 4.69) is 114 Å². The minimum absolute atomic E-state index is 0.930. The molecule has 0 bridgehead atoms. The molecule has 0 N–H and O–H groups in total. The lowest BCUT2D eigenvalue weighted by atomic mass is 10.0. The zero-order valence-corrected chi connectivity index (χ0v) is 19.3. The summed E-state index contributed by atoms with van der Waals surface area (Å²) in [6.45, 7) is 0. The lowest BCUT2D eigenvalue weighted by Gasteiger charge is -2.13. The van der Waals surface area contributed by atoms with Crippen molar-refractivity contribution >= 4 is 54.5 Å². The molecular formula is C34H19NO. The molecule has 0 saturated carbocycles. The van der Waals surface area contributed by atoms with Crippen LogP contribution < -0.4 is 0 Å². The van der Waals surface area contributed by atoms with Crippen LogP contribution in [0.25, 0.3) is 82.5 Å². The number of rotatable bonds is 1. The van der Waals surface area contributed by atoms with Crippen molar-refractivity contribution in [2.75, 3.05) is 0 Å². The van der Waals surface area contributed by atoms with Gasteiger partial charge in [-0.15, -0.1) is 0 Å². The first-order valence-electron chi connectivity index (χ1n) is 12.4. The Labute approximate surface area is 206 Å². The van der Waals surface area contributed by atoms with Crippen molar-refractivity contribution in [3.63, 3.8) is 0 Å². The standard InChI is InChI=1S/C34H19NO/c1-2-9-21-20(8-1)23-12-7-13-26-29(18-16-24(21)32(23)26)35-28-14-5-3-11-27(28)33-30(35)19-17-25-22-10-4-6-15-31(22)36-34(25)33/h1-19H. The lowest BCUT2D eigenvalue weighted by Crippen LogP contribution is -1.95. The molecule has 2 heterocycles. The summed E-state index contributed by atoms with van der Waals surface area (Å²) in [7, 11) is 0. The first kappa shape index (κ1) is 18.5. The van der Waals surface area contributed by atoms with Crippen LogP contribution >= 0.6 is 0 Å². The van der Waals surface area contributed by atoms with Gasteiger partial charge in [0, 0.05) is 21.5 Å². The van der Waals surface area contributed by atoms with Gasteiger partial charge in [-0.2, -0.15) is 0 Å². The summed E-state index contributed by atoms with van der Waals surface area (Å²) < 4.78 is 8.91. The highest BCUT2D eigenvalue weighted by Crippen LogP contribution is 2.49. The molecule has 0 fully saturated rings. The third-order valence-corrected chi connectivity index (χ3v) is 7.95. The quantitative estimate of drug-likeness (QED) is 0.240. The molecule has 166 valence electrons. The van der Waals surface area contributed by atoms with Crippen LogP contribution in [0.3, 0.4) is 0 Å². The molecule has 36 heavy (non-hydrogen) atoms. The Morgan fingerprint density at radius 1 is 0.417 bits per heavy atom. The Morgan fingerprint density at radius 2 is 1.11 bits per heavy atom. The van der Waals surface area contributed by atoms with Gasteiger partial charge < -0.3 is 8.98 Å². The molecule has 9 rings (SSSR count). The van der Waals surface area contributed by atoms with Crippen LogP contribution in [0.2, 0.25) is 0 Å². The van der Waals surface area contributed by atoms with Crippen LogP contribution in [-0.2, 0) is 0 Å². The molecule has 2 nitrogen and oxygen atoms in total. The van der Waals surface area contributed by atoms with Crippen molar-refractivity contribution in [2.24, 2.45) is 0 Å². The fourth-order valence-corrected chi connectivity index (χ4v) is 6.48. The van der Waals surface area contributed by atoms with Gasteiger partial charge in [0.2, 0.25) is 0 Å². The van der Waals surface area contributed by atoms with Gasteiger partial charge in [-0.25, -0.2) is 0 Å². The van der Waals surface area contributed by atoms with Crippen molar-refractivity contribution < 1.29 is 4.42 Å². The van der Waals surface area contributed by atoms with E-state index in [0.29, 0.717) is 0 Å². The molecular weight excluding hydrogens is 438 g/mol. The average molecular weight is 458 g/mol. The van der Waals surface area contributed by atoms with E-state index in [4.69, 9.17) is 4.42 Å². The van der Waals surface area contributed by atoms with Crippen molar-refractivity contribution in [3.05, 3.63) is 115 Å². The Morgan fingerprint density at radius 3 is 2.00 bits per heavy atom. The normalized spacial score (nSPS) is 12.4. The first-order valence-corrected chi connectivity index (χ1v) is 12.4. The second-order valence-electron chi connectivity index (χ2n) is 9.69. The smallest absolute Gasteiger partial charge is 0.145 e. The Kier molecular flexibility index (Phi) is 3.31. The van der Waals surface area contributed by atoms with E-state index in [1.54, 1.807) is 0 Å². The van der Waals surface area contributed by atoms with Crippen LogP contribution in [0.5, 0.6) is 0 Å². The molecule has 0 saturated heterocycles. The van der Waals surface area contributed by atoms with Crippen LogP contribution in [0.4, 0.5) is 0 Å². The number of hydrogen-bond acceptors (Lipinski definition) is 1. The van der Waals surface area contributed by atoms with Gasteiger partial charge in [0.05, 0.1) is 22.1 Å². The van der Waals surface area contributed by atoms with E-state index in [1.165, 1.54) is 60.5 Å². The summed E-state index contributed by atoms with van der Waals surface area (Å²) in [5, 5.41) is 7.32. The van der Waals surface area contributed by atoms with Crippen LogP contribution in [0.15, 0.2) is 120 Å². The number of benzene rings is 6. The number of furan rings is 1. The third-order valence-electron chi connectivity index (χ3n) is 7.95. The molecule has 0 radical (unpaired) electrons. The zero-order chi connectivity index (χ0) is 23.4. The summed E-state index contributed by atoms with van der Waals surface area (Å²) >= 11 is 0. The second-order valence-corrected chi connectivity index (χ2v) is 9.69. The van der Waals surface area contributed by atoms with Gasteiger partial charge in [-0.05, 0) is 58.0 Å². The fourth-order valence-electron chi connectivity index (χ4n) is 6.48. The maximum absolute atomic E-state index is 6.49. The predicted molar refractivity (Wildman–Crippen MR) is 150 cm³/mol. The lowest BCUT2D eigenvalue weighted by molar-refractivity contribution is 0.673. The minimum atomic E-state index is 0.930. The van der Waals surface area contributed by atoms with Crippen LogP contribution in [0, 0.1) is 0 Å². The van der Waals surface area contributed by atoms with Gasteiger partial charge in [-0.1, -0.05) is 84.9 Å². The largest absolute Gasteiger partial charge is 0.455 e. The Balaban J connectivity index is 1.46. The molecule has 1 aliphatic rings. The van der Waals surface area contributed by atoms with E-state index >= 15 is 0 Å². The average Bonchev–Trinajstić information content (AvgIpc) is 3.58. The minimum Gasteiger partial charge on any atom is -0.455 e.